The van der Waals surface area contributed by atoms with Crippen LogP contribution in [-0.4, -0.2) is 24.3 Å². The number of ether oxygens (including phenoxy) is 1. The first-order chi connectivity index (χ1) is 11.4. The van der Waals surface area contributed by atoms with Gasteiger partial charge in [-0.1, -0.05) is 12.1 Å². The van der Waals surface area contributed by atoms with Gasteiger partial charge in [0.2, 0.25) is 0 Å². The number of hydrogen-bond acceptors (Lipinski definition) is 3. The van der Waals surface area contributed by atoms with Gasteiger partial charge in [-0.3, -0.25) is 0 Å². The lowest BCUT2D eigenvalue weighted by Crippen LogP contribution is -2.39. The van der Waals surface area contributed by atoms with Crippen molar-refractivity contribution in [3.63, 3.8) is 0 Å². The zero-order chi connectivity index (χ0) is 17.7. The van der Waals surface area contributed by atoms with Crippen molar-refractivity contribution in [3.8, 4) is 5.75 Å². The summed E-state index contributed by atoms with van der Waals surface area (Å²) in [5.74, 6) is 0.331. The lowest BCUT2D eigenvalue weighted by molar-refractivity contribution is 0.139. The number of aryl methyl sites for hydroxylation is 1. The molecule has 24 heavy (non-hydrogen) atoms. The van der Waals surface area contributed by atoms with Gasteiger partial charge in [-0.25, -0.2) is 9.18 Å². The van der Waals surface area contributed by atoms with Crippen LogP contribution in [0.1, 0.15) is 24.2 Å². The molecule has 0 aliphatic heterocycles. The van der Waals surface area contributed by atoms with Crippen LogP contribution in [0, 0.1) is 12.7 Å². The second-order valence-electron chi connectivity index (χ2n) is 5.56. The molecule has 2 aromatic carbocycles. The maximum Gasteiger partial charge on any atom is 0.319 e. The van der Waals surface area contributed by atoms with E-state index < -0.39 is 18.2 Å². The molecule has 0 saturated heterocycles. The van der Waals surface area contributed by atoms with Gasteiger partial charge < -0.3 is 20.5 Å². The molecule has 2 aromatic rings. The molecule has 0 heterocycles. The van der Waals surface area contributed by atoms with Crippen LogP contribution in [0.2, 0.25) is 0 Å². The van der Waals surface area contributed by atoms with E-state index in [4.69, 9.17) is 4.74 Å². The molecule has 2 amide bonds. The molecule has 0 saturated carbocycles. The van der Waals surface area contributed by atoms with Gasteiger partial charge in [0, 0.05) is 5.69 Å². The first-order valence-corrected chi connectivity index (χ1v) is 7.56. The Hall–Kier alpha value is -2.60. The van der Waals surface area contributed by atoms with Crippen molar-refractivity contribution in [2.24, 2.45) is 0 Å². The standard InChI is InChI=1S/C18H21FN2O3/c1-11-10-15(24-3)8-9-16(11)21-18(23)20-12(2)17(22)13-4-6-14(19)7-5-13/h4-10,12,17,22H,1-3H3,(H2,20,21,23). The van der Waals surface area contributed by atoms with Gasteiger partial charge in [0.1, 0.15) is 11.6 Å². The van der Waals surface area contributed by atoms with Crippen LogP contribution in [0.3, 0.4) is 0 Å². The molecule has 3 N–H and O–H groups in total. The summed E-state index contributed by atoms with van der Waals surface area (Å²) in [4.78, 5) is 12.1. The highest BCUT2D eigenvalue weighted by Gasteiger charge is 2.18. The van der Waals surface area contributed by atoms with E-state index in [0.29, 0.717) is 17.0 Å². The van der Waals surface area contributed by atoms with E-state index in [9.17, 15) is 14.3 Å². The largest absolute Gasteiger partial charge is 0.497 e. The smallest absolute Gasteiger partial charge is 0.319 e. The average Bonchev–Trinajstić information content (AvgIpc) is 2.56. The number of amides is 2. The minimum Gasteiger partial charge on any atom is -0.497 e. The fourth-order valence-corrected chi connectivity index (χ4v) is 2.30. The van der Waals surface area contributed by atoms with E-state index in [1.807, 2.05) is 13.0 Å². The van der Waals surface area contributed by atoms with Crippen molar-refractivity contribution in [2.75, 3.05) is 12.4 Å². The number of aliphatic hydroxyl groups is 1. The maximum atomic E-state index is 12.9. The van der Waals surface area contributed by atoms with Gasteiger partial charge in [-0.15, -0.1) is 0 Å². The topological polar surface area (TPSA) is 70.6 Å². The van der Waals surface area contributed by atoms with Gasteiger partial charge in [0.25, 0.3) is 0 Å². The molecule has 5 nitrogen and oxygen atoms in total. The minimum absolute atomic E-state index is 0.376. The second-order valence-corrected chi connectivity index (χ2v) is 5.56. The van der Waals surface area contributed by atoms with Crippen molar-refractivity contribution in [1.29, 1.82) is 0 Å². The Labute approximate surface area is 140 Å². The third-order valence-corrected chi connectivity index (χ3v) is 3.73. The van der Waals surface area contributed by atoms with Crippen molar-refractivity contribution in [1.82, 2.24) is 5.32 Å². The van der Waals surface area contributed by atoms with Gasteiger partial charge in [0.15, 0.2) is 0 Å². The highest BCUT2D eigenvalue weighted by atomic mass is 19.1. The van der Waals surface area contributed by atoms with E-state index in [-0.39, 0.29) is 5.82 Å². The predicted molar refractivity (Wildman–Crippen MR) is 90.7 cm³/mol. The number of nitrogens with one attached hydrogen (secondary N) is 2. The molecule has 0 aromatic heterocycles. The zero-order valence-electron chi connectivity index (χ0n) is 13.8. The number of carbonyl (C=O) groups excluding carboxylic acids is 1. The van der Waals surface area contributed by atoms with E-state index in [0.717, 1.165) is 5.56 Å². The summed E-state index contributed by atoms with van der Waals surface area (Å²) in [5.41, 5.74) is 2.04. The Morgan fingerprint density at radius 3 is 2.46 bits per heavy atom. The molecule has 0 aliphatic rings. The molecule has 0 spiro atoms. The highest BCUT2D eigenvalue weighted by molar-refractivity contribution is 5.90. The second kappa shape index (κ2) is 7.79. The van der Waals surface area contributed by atoms with Crippen LogP contribution in [0.25, 0.3) is 0 Å². The number of carbonyl (C=O) groups is 1. The van der Waals surface area contributed by atoms with Crippen molar-refractivity contribution in [2.45, 2.75) is 26.0 Å². The minimum atomic E-state index is -0.937. The van der Waals surface area contributed by atoms with Crippen LogP contribution in [-0.2, 0) is 0 Å². The van der Waals surface area contributed by atoms with E-state index in [1.54, 1.807) is 26.2 Å². The van der Waals surface area contributed by atoms with Crippen LogP contribution in [0.15, 0.2) is 42.5 Å². The van der Waals surface area contributed by atoms with Crippen molar-refractivity contribution >= 4 is 11.7 Å². The molecule has 2 atom stereocenters. The third-order valence-electron chi connectivity index (χ3n) is 3.73. The van der Waals surface area contributed by atoms with Crippen molar-refractivity contribution < 1.29 is 19.0 Å². The summed E-state index contributed by atoms with van der Waals surface area (Å²) in [6.45, 7) is 3.53. The summed E-state index contributed by atoms with van der Waals surface area (Å²) in [6.07, 6.45) is -0.937. The summed E-state index contributed by atoms with van der Waals surface area (Å²) in [5, 5.41) is 15.6. The summed E-state index contributed by atoms with van der Waals surface area (Å²) >= 11 is 0. The van der Waals surface area contributed by atoms with Gasteiger partial charge in [-0.2, -0.15) is 0 Å². The van der Waals surface area contributed by atoms with Crippen LogP contribution < -0.4 is 15.4 Å². The van der Waals surface area contributed by atoms with E-state index in [2.05, 4.69) is 10.6 Å². The number of rotatable bonds is 5. The van der Waals surface area contributed by atoms with Gasteiger partial charge >= 0.3 is 6.03 Å². The van der Waals surface area contributed by atoms with E-state index >= 15 is 0 Å². The number of halogens is 1. The normalized spacial score (nSPS) is 13.0. The monoisotopic (exact) mass is 332 g/mol. The molecule has 2 unspecified atom stereocenters. The van der Waals surface area contributed by atoms with Crippen LogP contribution in [0.5, 0.6) is 5.75 Å². The fourth-order valence-electron chi connectivity index (χ4n) is 2.30. The lowest BCUT2D eigenvalue weighted by atomic mass is 10.0. The Balaban J connectivity index is 1.97. The Morgan fingerprint density at radius 2 is 1.88 bits per heavy atom. The molecule has 2 rings (SSSR count). The zero-order valence-corrected chi connectivity index (χ0v) is 13.8. The summed E-state index contributed by atoms with van der Waals surface area (Å²) < 4.78 is 18.0. The molecule has 0 bridgehead atoms. The molecule has 0 radical (unpaired) electrons. The number of hydrogen-bond donors (Lipinski definition) is 3. The molecular weight excluding hydrogens is 311 g/mol. The predicted octanol–water partition coefficient (Wildman–Crippen LogP) is 3.39. The quantitative estimate of drug-likeness (QED) is 0.786. The first kappa shape index (κ1) is 17.7. The number of aliphatic hydroxyl groups excluding tert-OH is 1. The number of anilines is 1. The highest BCUT2D eigenvalue weighted by Crippen LogP contribution is 2.21. The van der Waals surface area contributed by atoms with Crippen LogP contribution in [0.4, 0.5) is 14.9 Å². The fraction of sp³-hybridized carbons (Fsp3) is 0.278. The third kappa shape index (κ3) is 4.45. The van der Waals surface area contributed by atoms with Crippen LogP contribution >= 0.6 is 0 Å². The lowest BCUT2D eigenvalue weighted by Gasteiger charge is -2.21. The number of methoxy groups -OCH3 is 1. The summed E-state index contributed by atoms with van der Waals surface area (Å²) in [6, 6.07) is 9.84. The SMILES string of the molecule is COc1ccc(NC(=O)NC(C)C(O)c2ccc(F)cc2)c(C)c1. The summed E-state index contributed by atoms with van der Waals surface area (Å²) in [7, 11) is 1.58. The molecule has 128 valence electrons. The Morgan fingerprint density at radius 1 is 1.21 bits per heavy atom. The molecule has 6 heteroatoms. The van der Waals surface area contributed by atoms with E-state index in [1.165, 1.54) is 24.3 Å². The van der Waals surface area contributed by atoms with Gasteiger partial charge in [0.05, 0.1) is 19.3 Å². The first-order valence-electron chi connectivity index (χ1n) is 7.56. The molecule has 0 fully saturated rings. The Bertz CT molecular complexity index is 704. The van der Waals surface area contributed by atoms with Gasteiger partial charge in [-0.05, 0) is 55.3 Å². The molecular formula is C18H21FN2O3. The van der Waals surface area contributed by atoms with Crippen molar-refractivity contribution in [3.05, 3.63) is 59.4 Å². The maximum absolute atomic E-state index is 12.9. The number of benzene rings is 2. The number of urea groups is 1. The molecule has 0 aliphatic carbocycles. The Kier molecular flexibility index (Phi) is 5.76. The average molecular weight is 332 g/mol.